The predicted octanol–water partition coefficient (Wildman–Crippen LogP) is 3.37. The van der Waals surface area contributed by atoms with E-state index >= 15 is 0 Å². The molecule has 1 aliphatic heterocycles. The number of guanidine groups is 1. The molecule has 0 fully saturated rings. The zero-order valence-corrected chi connectivity index (χ0v) is 15.9. The summed E-state index contributed by atoms with van der Waals surface area (Å²) < 4.78 is 35.0. The minimum absolute atomic E-state index is 0.0239. The van der Waals surface area contributed by atoms with Crippen LogP contribution in [-0.2, 0) is 10.3 Å². The van der Waals surface area contributed by atoms with Gasteiger partial charge in [-0.25, -0.2) is 4.99 Å². The van der Waals surface area contributed by atoms with E-state index in [1.807, 2.05) is 6.92 Å². The Hall–Kier alpha value is -2.87. The van der Waals surface area contributed by atoms with E-state index in [0.29, 0.717) is 23.5 Å². The Morgan fingerprint density at radius 2 is 1.96 bits per heavy atom. The first-order valence-electron chi connectivity index (χ1n) is 8.41. The van der Waals surface area contributed by atoms with Crippen molar-refractivity contribution in [2.75, 3.05) is 13.7 Å². The van der Waals surface area contributed by atoms with Gasteiger partial charge in [-0.3, -0.25) is 9.69 Å². The van der Waals surface area contributed by atoms with Crippen LogP contribution in [0.3, 0.4) is 0 Å². The molecule has 0 spiro atoms. The molecule has 1 atom stereocenters. The number of likely N-dealkylation sites (N-methyl/N-ethyl adjacent to an activating group) is 1. The van der Waals surface area contributed by atoms with Gasteiger partial charge in [0.2, 0.25) is 0 Å². The van der Waals surface area contributed by atoms with Gasteiger partial charge in [0.25, 0.3) is 5.91 Å². The number of hydrogen-bond acceptors (Lipinski definition) is 5. The highest BCUT2D eigenvalue weighted by Gasteiger charge is 2.49. The summed E-state index contributed by atoms with van der Waals surface area (Å²) in [5, 5.41) is -0.0748. The fourth-order valence-electron chi connectivity index (χ4n) is 3.08. The first kappa shape index (κ1) is 19.9. The molecule has 9 heteroatoms. The van der Waals surface area contributed by atoms with Crippen molar-refractivity contribution in [1.82, 2.24) is 4.90 Å². The molecule has 0 saturated carbocycles. The summed E-state index contributed by atoms with van der Waals surface area (Å²) in [5.74, 6) is -0.0262. The summed E-state index contributed by atoms with van der Waals surface area (Å²) in [6, 6.07) is 11.0. The van der Waals surface area contributed by atoms with Gasteiger partial charge in [-0.1, -0.05) is 29.8 Å². The van der Waals surface area contributed by atoms with Gasteiger partial charge in [-0.05, 0) is 42.3 Å². The number of halogens is 3. The highest BCUT2D eigenvalue weighted by Crippen LogP contribution is 2.42. The molecule has 2 aromatic rings. The van der Waals surface area contributed by atoms with E-state index in [4.69, 9.17) is 22.1 Å². The SMILES string of the molecule is CCOc1cccc(C2(c3ccc(OC(F)F)c(Cl)c3)N=C(N)N(C)C2=O)c1. The molecular formula is C19H18ClF2N3O3. The lowest BCUT2D eigenvalue weighted by Gasteiger charge is -2.27. The minimum atomic E-state index is -3.02. The van der Waals surface area contributed by atoms with E-state index in [0.717, 1.165) is 0 Å². The Labute approximate surface area is 165 Å². The van der Waals surface area contributed by atoms with E-state index in [9.17, 15) is 13.6 Å². The van der Waals surface area contributed by atoms with Gasteiger partial charge in [0.1, 0.15) is 11.5 Å². The largest absolute Gasteiger partial charge is 0.494 e. The number of aliphatic imine (C=N–C) groups is 1. The Morgan fingerprint density at radius 3 is 2.54 bits per heavy atom. The summed E-state index contributed by atoms with van der Waals surface area (Å²) >= 11 is 6.12. The third-order valence-electron chi connectivity index (χ3n) is 4.37. The average Bonchev–Trinajstić information content (AvgIpc) is 2.88. The van der Waals surface area contributed by atoms with Crippen LogP contribution >= 0.6 is 11.6 Å². The molecule has 0 saturated heterocycles. The molecule has 3 rings (SSSR count). The molecule has 1 heterocycles. The van der Waals surface area contributed by atoms with Crippen LogP contribution in [0.1, 0.15) is 18.1 Å². The van der Waals surface area contributed by atoms with Crippen LogP contribution in [-0.4, -0.2) is 37.0 Å². The number of carbonyl (C=O) groups is 1. The lowest BCUT2D eigenvalue weighted by atomic mass is 9.82. The number of benzene rings is 2. The summed E-state index contributed by atoms with van der Waals surface area (Å²) in [5.41, 5.74) is 5.28. The molecular weight excluding hydrogens is 392 g/mol. The molecule has 1 unspecified atom stereocenters. The van der Waals surface area contributed by atoms with Gasteiger partial charge in [0.15, 0.2) is 11.5 Å². The molecule has 2 aromatic carbocycles. The van der Waals surface area contributed by atoms with Crippen molar-refractivity contribution in [3.8, 4) is 11.5 Å². The van der Waals surface area contributed by atoms with Crippen LogP contribution in [0, 0.1) is 0 Å². The van der Waals surface area contributed by atoms with Crippen molar-refractivity contribution in [2.45, 2.75) is 19.1 Å². The van der Waals surface area contributed by atoms with Gasteiger partial charge in [0.05, 0.1) is 11.6 Å². The number of nitrogens with zero attached hydrogens (tertiary/aromatic N) is 2. The van der Waals surface area contributed by atoms with E-state index in [-0.39, 0.29) is 16.7 Å². The van der Waals surface area contributed by atoms with Crippen LogP contribution in [0.5, 0.6) is 11.5 Å². The Bertz CT molecular complexity index is 938. The monoisotopic (exact) mass is 409 g/mol. The molecule has 6 nitrogen and oxygen atoms in total. The maximum absolute atomic E-state index is 13.2. The smallest absolute Gasteiger partial charge is 0.387 e. The molecule has 0 aliphatic carbocycles. The second-order valence-corrected chi connectivity index (χ2v) is 6.44. The van der Waals surface area contributed by atoms with Gasteiger partial charge >= 0.3 is 6.61 Å². The van der Waals surface area contributed by atoms with E-state index in [2.05, 4.69) is 9.73 Å². The Morgan fingerprint density at radius 1 is 1.25 bits per heavy atom. The third-order valence-corrected chi connectivity index (χ3v) is 4.66. The third kappa shape index (κ3) is 3.35. The average molecular weight is 410 g/mol. The maximum atomic E-state index is 13.2. The molecule has 0 bridgehead atoms. The predicted molar refractivity (Wildman–Crippen MR) is 101 cm³/mol. The normalized spacial score (nSPS) is 19.1. The summed E-state index contributed by atoms with van der Waals surface area (Å²) in [6.45, 7) is -0.733. The maximum Gasteiger partial charge on any atom is 0.387 e. The number of hydrogen-bond donors (Lipinski definition) is 1. The fourth-order valence-corrected chi connectivity index (χ4v) is 3.30. The lowest BCUT2D eigenvalue weighted by molar-refractivity contribution is -0.129. The van der Waals surface area contributed by atoms with Gasteiger partial charge in [-0.2, -0.15) is 8.78 Å². The van der Waals surface area contributed by atoms with Crippen molar-refractivity contribution in [3.05, 3.63) is 58.6 Å². The number of nitrogens with two attached hydrogens (primary N) is 1. The minimum Gasteiger partial charge on any atom is -0.494 e. The number of alkyl halides is 2. The quantitative estimate of drug-likeness (QED) is 0.793. The zero-order valence-electron chi connectivity index (χ0n) is 15.2. The van der Waals surface area contributed by atoms with Gasteiger partial charge in [-0.15, -0.1) is 0 Å². The lowest BCUT2D eigenvalue weighted by Crippen LogP contribution is -2.41. The van der Waals surface area contributed by atoms with Crippen molar-refractivity contribution < 1.29 is 23.0 Å². The van der Waals surface area contributed by atoms with E-state index in [1.165, 1.54) is 30.1 Å². The van der Waals surface area contributed by atoms with Crippen molar-refractivity contribution in [1.29, 1.82) is 0 Å². The molecule has 148 valence electrons. The van der Waals surface area contributed by atoms with Crippen LogP contribution in [0.4, 0.5) is 8.78 Å². The number of amides is 1. The van der Waals surface area contributed by atoms with Crippen molar-refractivity contribution in [3.63, 3.8) is 0 Å². The molecule has 0 radical (unpaired) electrons. The zero-order chi connectivity index (χ0) is 20.5. The molecule has 1 amide bonds. The second kappa shape index (κ2) is 7.63. The van der Waals surface area contributed by atoms with Gasteiger partial charge < -0.3 is 15.2 Å². The van der Waals surface area contributed by atoms with Crippen LogP contribution in [0.2, 0.25) is 5.02 Å². The van der Waals surface area contributed by atoms with Crippen LogP contribution in [0.25, 0.3) is 0 Å². The summed E-state index contributed by atoms with van der Waals surface area (Å²) in [7, 11) is 1.51. The van der Waals surface area contributed by atoms with Gasteiger partial charge in [0, 0.05) is 7.05 Å². The van der Waals surface area contributed by atoms with Crippen molar-refractivity contribution >= 4 is 23.5 Å². The number of ether oxygens (including phenoxy) is 2. The van der Waals surface area contributed by atoms with Crippen LogP contribution < -0.4 is 15.2 Å². The van der Waals surface area contributed by atoms with E-state index < -0.39 is 18.1 Å². The van der Waals surface area contributed by atoms with Crippen LogP contribution in [0.15, 0.2) is 47.5 Å². The Balaban J connectivity index is 2.18. The molecule has 0 aromatic heterocycles. The first-order valence-corrected chi connectivity index (χ1v) is 8.79. The number of rotatable bonds is 6. The standard InChI is InChI=1S/C19H18ClF2N3O3/c1-3-27-13-6-4-5-11(9-13)19(16(26)25(2)18(23)24-19)12-7-8-15(14(20)10-12)28-17(21)22/h4-10,17H,3H2,1-2H3,(H2,23,24). The molecule has 28 heavy (non-hydrogen) atoms. The Kier molecular flexibility index (Phi) is 5.42. The second-order valence-electron chi connectivity index (χ2n) is 6.03. The molecule has 1 aliphatic rings. The number of carbonyl (C=O) groups excluding carboxylic acids is 1. The highest BCUT2D eigenvalue weighted by atomic mass is 35.5. The topological polar surface area (TPSA) is 77.2 Å². The van der Waals surface area contributed by atoms with E-state index in [1.54, 1.807) is 24.3 Å². The molecule has 2 N–H and O–H groups in total. The van der Waals surface area contributed by atoms with Crippen molar-refractivity contribution in [2.24, 2.45) is 10.7 Å². The highest BCUT2D eigenvalue weighted by molar-refractivity contribution is 6.32. The summed E-state index contributed by atoms with van der Waals surface area (Å²) in [4.78, 5) is 18.8. The first-order chi connectivity index (χ1) is 13.3. The fraction of sp³-hybridized carbons (Fsp3) is 0.263. The summed E-state index contributed by atoms with van der Waals surface area (Å²) in [6.07, 6.45) is 0.